The van der Waals surface area contributed by atoms with Crippen LogP contribution in [0.4, 0.5) is 0 Å². The average Bonchev–Trinajstić information content (AvgIpc) is 2.11. The maximum atomic E-state index is 11.9. The van der Waals surface area contributed by atoms with Gasteiger partial charge in [0.05, 0.1) is 11.5 Å². The van der Waals surface area contributed by atoms with E-state index in [4.69, 9.17) is 5.73 Å². The Morgan fingerprint density at radius 3 is 2.06 bits per heavy atom. The van der Waals surface area contributed by atoms with E-state index < -0.39 is 17.1 Å². The van der Waals surface area contributed by atoms with Crippen LogP contribution in [0.25, 0.3) is 0 Å². The molecule has 0 aliphatic heterocycles. The minimum Gasteiger partial charge on any atom is -0.391 e. The van der Waals surface area contributed by atoms with E-state index in [2.05, 4.69) is 5.32 Å². The van der Waals surface area contributed by atoms with Crippen molar-refractivity contribution >= 4 is 5.91 Å². The monoisotopic (exact) mass is 230 g/mol. The molecule has 0 rings (SSSR count). The summed E-state index contributed by atoms with van der Waals surface area (Å²) in [6.07, 6.45) is -0.513. The lowest BCUT2D eigenvalue weighted by molar-refractivity contribution is -0.132. The summed E-state index contributed by atoms with van der Waals surface area (Å²) in [5, 5.41) is 12.3. The number of aliphatic hydroxyl groups is 1. The molecular formula is C12H26N2O2. The highest BCUT2D eigenvalue weighted by molar-refractivity contribution is 5.83. The first-order valence-corrected chi connectivity index (χ1v) is 5.75. The van der Waals surface area contributed by atoms with Crippen LogP contribution >= 0.6 is 0 Å². The molecular weight excluding hydrogens is 204 g/mol. The average molecular weight is 230 g/mol. The van der Waals surface area contributed by atoms with Gasteiger partial charge >= 0.3 is 0 Å². The summed E-state index contributed by atoms with van der Waals surface area (Å²) in [7, 11) is 0. The number of rotatable bonds is 5. The fraction of sp³-hybridized carbons (Fsp3) is 0.917. The van der Waals surface area contributed by atoms with Gasteiger partial charge in [0.2, 0.25) is 5.91 Å². The number of carbonyl (C=O) groups is 1. The summed E-state index contributed by atoms with van der Waals surface area (Å²) in [4.78, 5) is 11.9. The summed E-state index contributed by atoms with van der Waals surface area (Å²) >= 11 is 0. The highest BCUT2D eigenvalue weighted by Gasteiger charge is 2.40. The zero-order valence-electron chi connectivity index (χ0n) is 11.3. The van der Waals surface area contributed by atoms with E-state index in [1.165, 1.54) is 0 Å². The first kappa shape index (κ1) is 15.4. The summed E-state index contributed by atoms with van der Waals surface area (Å²) in [5.74, 6) is 0.00833. The molecule has 1 amide bonds. The minimum atomic E-state index is -0.663. The van der Waals surface area contributed by atoms with Gasteiger partial charge in [-0.1, -0.05) is 13.8 Å². The largest absolute Gasteiger partial charge is 0.391 e. The van der Waals surface area contributed by atoms with Gasteiger partial charge in [-0.2, -0.15) is 0 Å². The fourth-order valence-electron chi connectivity index (χ4n) is 0.947. The van der Waals surface area contributed by atoms with Crippen molar-refractivity contribution in [1.29, 1.82) is 0 Å². The smallest absolute Gasteiger partial charge is 0.227 e. The van der Waals surface area contributed by atoms with Crippen LogP contribution in [0.1, 0.15) is 41.5 Å². The van der Waals surface area contributed by atoms with Crippen molar-refractivity contribution in [3.63, 3.8) is 0 Å². The molecule has 1 atom stereocenters. The molecule has 0 aliphatic carbocycles. The molecule has 0 heterocycles. The molecule has 0 spiro atoms. The highest BCUT2D eigenvalue weighted by atomic mass is 16.3. The number of nitrogens with two attached hydrogens (primary N) is 1. The summed E-state index contributed by atoms with van der Waals surface area (Å²) in [5.41, 5.74) is 4.70. The van der Waals surface area contributed by atoms with E-state index in [0.717, 1.165) is 0 Å². The van der Waals surface area contributed by atoms with Crippen molar-refractivity contribution in [3.8, 4) is 0 Å². The maximum Gasteiger partial charge on any atom is 0.227 e. The predicted molar refractivity (Wildman–Crippen MR) is 65.9 cm³/mol. The van der Waals surface area contributed by atoms with E-state index in [1.807, 2.05) is 41.5 Å². The van der Waals surface area contributed by atoms with Crippen LogP contribution in [-0.2, 0) is 4.79 Å². The molecule has 0 saturated heterocycles. The van der Waals surface area contributed by atoms with Crippen molar-refractivity contribution in [2.45, 2.75) is 53.2 Å². The second-order valence-corrected chi connectivity index (χ2v) is 5.87. The molecule has 0 aromatic carbocycles. The Bertz CT molecular complexity index is 242. The standard InChI is InChI=1S/C12H26N2O2/c1-8(2)9(15)7-14-10(16)11(3,4)12(5,6)13/h8-9,15H,7,13H2,1-6H3,(H,14,16). The molecule has 16 heavy (non-hydrogen) atoms. The van der Waals surface area contributed by atoms with Gasteiger partial charge in [0, 0.05) is 12.1 Å². The first-order chi connectivity index (χ1) is 7.00. The zero-order chi connectivity index (χ0) is 13.1. The van der Waals surface area contributed by atoms with Gasteiger partial charge in [0.1, 0.15) is 0 Å². The van der Waals surface area contributed by atoms with E-state index in [0.29, 0.717) is 0 Å². The van der Waals surface area contributed by atoms with E-state index in [9.17, 15) is 9.90 Å². The molecule has 0 fully saturated rings. The van der Waals surface area contributed by atoms with Gasteiger partial charge in [0.15, 0.2) is 0 Å². The molecule has 96 valence electrons. The molecule has 0 saturated carbocycles. The third-order valence-corrected chi connectivity index (χ3v) is 3.42. The Balaban J connectivity index is 4.38. The lowest BCUT2D eigenvalue weighted by Gasteiger charge is -2.37. The quantitative estimate of drug-likeness (QED) is 0.656. The minimum absolute atomic E-state index is 0.125. The Hall–Kier alpha value is -0.610. The number of hydrogen-bond donors (Lipinski definition) is 3. The highest BCUT2D eigenvalue weighted by Crippen LogP contribution is 2.28. The molecule has 4 nitrogen and oxygen atoms in total. The lowest BCUT2D eigenvalue weighted by atomic mass is 9.74. The molecule has 0 radical (unpaired) electrons. The van der Waals surface area contributed by atoms with Crippen molar-refractivity contribution in [3.05, 3.63) is 0 Å². The van der Waals surface area contributed by atoms with Crippen LogP contribution in [0.5, 0.6) is 0 Å². The molecule has 0 aromatic heterocycles. The molecule has 0 aromatic rings. The van der Waals surface area contributed by atoms with E-state index in [-0.39, 0.29) is 18.4 Å². The topological polar surface area (TPSA) is 75.3 Å². The number of nitrogens with one attached hydrogen (secondary N) is 1. The SMILES string of the molecule is CC(C)C(O)CNC(=O)C(C)(C)C(C)(C)N. The van der Waals surface area contributed by atoms with Crippen LogP contribution in [0.2, 0.25) is 0 Å². The van der Waals surface area contributed by atoms with E-state index in [1.54, 1.807) is 0 Å². The van der Waals surface area contributed by atoms with Crippen LogP contribution in [-0.4, -0.2) is 29.2 Å². The third-order valence-electron chi connectivity index (χ3n) is 3.42. The Morgan fingerprint density at radius 1 is 1.31 bits per heavy atom. The van der Waals surface area contributed by atoms with Gasteiger partial charge in [-0.15, -0.1) is 0 Å². The van der Waals surface area contributed by atoms with Gasteiger partial charge in [-0.25, -0.2) is 0 Å². The number of amides is 1. The van der Waals surface area contributed by atoms with Crippen LogP contribution < -0.4 is 11.1 Å². The molecule has 4 heteroatoms. The van der Waals surface area contributed by atoms with Crippen molar-refractivity contribution < 1.29 is 9.90 Å². The molecule has 4 N–H and O–H groups in total. The maximum absolute atomic E-state index is 11.9. The fourth-order valence-corrected chi connectivity index (χ4v) is 0.947. The van der Waals surface area contributed by atoms with Crippen molar-refractivity contribution in [1.82, 2.24) is 5.32 Å². The number of hydrogen-bond acceptors (Lipinski definition) is 3. The van der Waals surface area contributed by atoms with Crippen molar-refractivity contribution in [2.24, 2.45) is 17.1 Å². The lowest BCUT2D eigenvalue weighted by Crippen LogP contribution is -2.56. The molecule has 1 unspecified atom stereocenters. The first-order valence-electron chi connectivity index (χ1n) is 5.75. The predicted octanol–water partition coefficient (Wildman–Crippen LogP) is 0.883. The van der Waals surface area contributed by atoms with Crippen molar-refractivity contribution in [2.75, 3.05) is 6.54 Å². The molecule has 0 bridgehead atoms. The Kier molecular flexibility index (Phi) is 4.95. The number of aliphatic hydroxyl groups excluding tert-OH is 1. The Labute approximate surface area is 98.6 Å². The van der Waals surface area contributed by atoms with Crippen LogP contribution in [0, 0.1) is 11.3 Å². The van der Waals surface area contributed by atoms with Crippen LogP contribution in [0.15, 0.2) is 0 Å². The number of carbonyl (C=O) groups excluding carboxylic acids is 1. The van der Waals surface area contributed by atoms with Gasteiger partial charge < -0.3 is 16.2 Å². The molecule has 0 aliphatic rings. The summed E-state index contributed by atoms with van der Waals surface area (Å²) < 4.78 is 0. The third kappa shape index (κ3) is 3.76. The van der Waals surface area contributed by atoms with E-state index >= 15 is 0 Å². The van der Waals surface area contributed by atoms with Gasteiger partial charge in [0.25, 0.3) is 0 Å². The van der Waals surface area contributed by atoms with Gasteiger partial charge in [-0.05, 0) is 33.6 Å². The van der Waals surface area contributed by atoms with Gasteiger partial charge in [-0.3, -0.25) is 4.79 Å². The van der Waals surface area contributed by atoms with Crippen LogP contribution in [0.3, 0.4) is 0 Å². The zero-order valence-corrected chi connectivity index (χ0v) is 11.3. The normalized spacial score (nSPS) is 15.1. The summed E-state index contributed by atoms with van der Waals surface area (Å²) in [6, 6.07) is 0. The Morgan fingerprint density at radius 2 is 1.75 bits per heavy atom. The second-order valence-electron chi connectivity index (χ2n) is 5.87. The second kappa shape index (κ2) is 5.15. The summed E-state index contributed by atoms with van der Waals surface area (Å²) in [6.45, 7) is 11.4.